The summed E-state index contributed by atoms with van der Waals surface area (Å²) in [5, 5.41) is 0. The van der Waals surface area contributed by atoms with Crippen LogP contribution in [0.15, 0.2) is 40.2 Å². The number of sulfonamides is 1. The van der Waals surface area contributed by atoms with Crippen LogP contribution in [-0.4, -0.2) is 33.2 Å². The van der Waals surface area contributed by atoms with Crippen molar-refractivity contribution in [1.29, 1.82) is 0 Å². The summed E-state index contributed by atoms with van der Waals surface area (Å²) in [4.78, 5) is 3.92. The Morgan fingerprint density at radius 2 is 1.86 bits per heavy atom. The van der Waals surface area contributed by atoms with E-state index in [1.807, 2.05) is 0 Å². The molecular formula is C9H12N2O2S. The van der Waals surface area contributed by atoms with Gasteiger partial charge in [0.1, 0.15) is 0 Å². The summed E-state index contributed by atoms with van der Waals surface area (Å²) in [5.74, 6) is 0. The van der Waals surface area contributed by atoms with Crippen molar-refractivity contribution in [3.8, 4) is 0 Å². The largest absolute Gasteiger partial charge is 0.278 e. The second-order valence-corrected chi connectivity index (χ2v) is 4.71. The van der Waals surface area contributed by atoms with Crippen LogP contribution in [0.3, 0.4) is 0 Å². The minimum absolute atomic E-state index is 0.266. The lowest BCUT2D eigenvalue weighted by atomic mass is 10.4. The van der Waals surface area contributed by atoms with Crippen molar-refractivity contribution in [2.24, 2.45) is 4.99 Å². The van der Waals surface area contributed by atoms with Crippen molar-refractivity contribution in [2.45, 2.75) is 4.90 Å². The van der Waals surface area contributed by atoms with Gasteiger partial charge in [-0.15, -0.1) is 0 Å². The Morgan fingerprint density at radius 3 is 2.36 bits per heavy atom. The molecule has 0 heterocycles. The molecule has 0 unspecified atom stereocenters. The first-order chi connectivity index (χ1) is 6.59. The molecule has 0 aliphatic heterocycles. The Hall–Kier alpha value is -1.36. The molecule has 0 aliphatic carbocycles. The van der Waals surface area contributed by atoms with Gasteiger partial charge >= 0.3 is 0 Å². The molecule has 0 N–H and O–H groups in total. The van der Waals surface area contributed by atoms with Gasteiger partial charge < -0.3 is 0 Å². The fourth-order valence-corrected chi connectivity index (χ4v) is 2.04. The molecule has 0 aliphatic rings. The predicted octanol–water partition coefficient (Wildman–Crippen LogP) is 0.965. The molecule has 1 rings (SSSR count). The van der Waals surface area contributed by atoms with Gasteiger partial charge in [0, 0.05) is 14.1 Å². The van der Waals surface area contributed by atoms with Gasteiger partial charge in [0.25, 0.3) is 10.0 Å². The van der Waals surface area contributed by atoms with Crippen molar-refractivity contribution in [2.75, 3.05) is 14.1 Å². The molecule has 0 spiro atoms. The predicted molar refractivity (Wildman–Crippen MR) is 55.8 cm³/mol. The van der Waals surface area contributed by atoms with Crippen molar-refractivity contribution in [1.82, 2.24) is 4.31 Å². The average molecular weight is 212 g/mol. The highest BCUT2D eigenvalue weighted by molar-refractivity contribution is 7.89. The van der Waals surface area contributed by atoms with Crippen LogP contribution in [0.25, 0.3) is 0 Å². The van der Waals surface area contributed by atoms with Gasteiger partial charge in [0.2, 0.25) is 0 Å². The van der Waals surface area contributed by atoms with Crippen LogP contribution in [0.1, 0.15) is 0 Å². The monoisotopic (exact) mass is 212 g/mol. The van der Waals surface area contributed by atoms with Crippen LogP contribution < -0.4 is 0 Å². The molecule has 0 bridgehead atoms. The van der Waals surface area contributed by atoms with Gasteiger partial charge in [0.05, 0.1) is 11.2 Å². The number of nitrogens with zero attached hydrogens (tertiary/aromatic N) is 2. The van der Waals surface area contributed by atoms with Crippen LogP contribution in [0.4, 0.5) is 0 Å². The lowest BCUT2D eigenvalue weighted by Crippen LogP contribution is -2.25. The van der Waals surface area contributed by atoms with E-state index in [9.17, 15) is 8.42 Å². The molecule has 0 fully saturated rings. The van der Waals surface area contributed by atoms with Crippen molar-refractivity contribution in [3.63, 3.8) is 0 Å². The van der Waals surface area contributed by atoms with Crippen molar-refractivity contribution < 1.29 is 8.42 Å². The van der Waals surface area contributed by atoms with Gasteiger partial charge in [-0.2, -0.15) is 0 Å². The smallest absolute Gasteiger partial charge is 0.264 e. The third-order valence-electron chi connectivity index (χ3n) is 1.70. The summed E-state index contributed by atoms with van der Waals surface area (Å²) in [6, 6.07) is 8.24. The van der Waals surface area contributed by atoms with E-state index in [1.54, 1.807) is 30.3 Å². The fourth-order valence-electron chi connectivity index (χ4n) is 0.983. The third-order valence-corrected chi connectivity index (χ3v) is 3.42. The van der Waals surface area contributed by atoms with E-state index in [0.29, 0.717) is 0 Å². The average Bonchev–Trinajstić information content (AvgIpc) is 2.19. The van der Waals surface area contributed by atoms with Crippen LogP contribution in [0, 0.1) is 0 Å². The third kappa shape index (κ3) is 2.11. The maximum absolute atomic E-state index is 11.8. The number of rotatable bonds is 3. The first-order valence-corrected chi connectivity index (χ1v) is 5.48. The lowest BCUT2D eigenvalue weighted by molar-refractivity contribution is 0.555. The summed E-state index contributed by atoms with van der Waals surface area (Å²) >= 11 is 0. The molecule has 5 heteroatoms. The van der Waals surface area contributed by atoms with E-state index in [1.165, 1.54) is 20.4 Å². The van der Waals surface area contributed by atoms with Crippen LogP contribution >= 0.6 is 0 Å². The normalized spacial score (nSPS) is 11.9. The summed E-state index contributed by atoms with van der Waals surface area (Å²) in [5.41, 5.74) is 0. The molecule has 0 atom stereocenters. The summed E-state index contributed by atoms with van der Waals surface area (Å²) < 4.78 is 24.6. The molecule has 76 valence electrons. The Morgan fingerprint density at radius 1 is 1.29 bits per heavy atom. The second-order valence-electron chi connectivity index (χ2n) is 2.71. The zero-order valence-electron chi connectivity index (χ0n) is 8.08. The highest BCUT2D eigenvalue weighted by Crippen LogP contribution is 2.11. The highest BCUT2D eigenvalue weighted by atomic mass is 32.2. The summed E-state index contributed by atoms with van der Waals surface area (Å²) in [6.07, 6.45) is 1.27. The fraction of sp³-hybridized carbons (Fsp3) is 0.222. The molecule has 0 aromatic heterocycles. The first kappa shape index (κ1) is 10.7. The van der Waals surface area contributed by atoms with E-state index in [0.717, 1.165) is 4.31 Å². The van der Waals surface area contributed by atoms with Crippen LogP contribution in [-0.2, 0) is 10.0 Å². The number of benzene rings is 1. The van der Waals surface area contributed by atoms with Crippen LogP contribution in [0.2, 0.25) is 0 Å². The van der Waals surface area contributed by atoms with E-state index >= 15 is 0 Å². The minimum Gasteiger partial charge on any atom is -0.278 e. The standard InChI is InChI=1S/C9H12N2O2S/c1-10-8-11(2)14(12,13)9-6-4-3-5-7-9/h3-8H,1-2H3. The van der Waals surface area contributed by atoms with E-state index in [-0.39, 0.29) is 4.90 Å². The van der Waals surface area contributed by atoms with Crippen molar-refractivity contribution in [3.05, 3.63) is 30.3 Å². The topological polar surface area (TPSA) is 49.7 Å². The Bertz CT molecular complexity index is 412. The zero-order valence-corrected chi connectivity index (χ0v) is 8.90. The number of aliphatic imine (C=N–C) groups is 1. The maximum atomic E-state index is 11.8. The van der Waals surface area contributed by atoms with Gasteiger partial charge in [0.15, 0.2) is 0 Å². The van der Waals surface area contributed by atoms with Crippen molar-refractivity contribution >= 4 is 16.4 Å². The Kier molecular flexibility index (Phi) is 3.24. The highest BCUT2D eigenvalue weighted by Gasteiger charge is 2.16. The van der Waals surface area contributed by atoms with Gasteiger partial charge in [-0.1, -0.05) is 18.2 Å². The first-order valence-electron chi connectivity index (χ1n) is 4.04. The Labute approximate surface area is 83.9 Å². The molecule has 14 heavy (non-hydrogen) atoms. The summed E-state index contributed by atoms with van der Waals surface area (Å²) in [7, 11) is -0.439. The molecule has 4 nitrogen and oxygen atoms in total. The van der Waals surface area contributed by atoms with Crippen LogP contribution in [0.5, 0.6) is 0 Å². The summed E-state index contributed by atoms with van der Waals surface area (Å²) in [6.45, 7) is 0. The quantitative estimate of drug-likeness (QED) is 0.553. The van der Waals surface area contributed by atoms with Gasteiger partial charge in [-0.3, -0.25) is 9.30 Å². The number of hydrogen-bond acceptors (Lipinski definition) is 3. The molecule has 0 radical (unpaired) electrons. The molecule has 0 saturated heterocycles. The molecule has 0 amide bonds. The SMILES string of the molecule is CN=CN(C)S(=O)(=O)c1ccccc1. The van der Waals surface area contributed by atoms with Gasteiger partial charge in [-0.25, -0.2) is 8.42 Å². The lowest BCUT2D eigenvalue weighted by Gasteiger charge is -2.13. The van der Waals surface area contributed by atoms with E-state index < -0.39 is 10.0 Å². The number of hydrogen-bond donors (Lipinski definition) is 0. The van der Waals surface area contributed by atoms with E-state index in [2.05, 4.69) is 4.99 Å². The molecular weight excluding hydrogens is 200 g/mol. The van der Waals surface area contributed by atoms with Gasteiger partial charge in [-0.05, 0) is 12.1 Å². The second kappa shape index (κ2) is 4.23. The Balaban J connectivity index is 3.09. The molecule has 1 aromatic rings. The minimum atomic E-state index is -3.42. The maximum Gasteiger partial charge on any atom is 0.264 e. The molecule has 0 saturated carbocycles. The zero-order chi connectivity index (χ0) is 10.6. The molecule has 1 aromatic carbocycles. The van der Waals surface area contributed by atoms with E-state index in [4.69, 9.17) is 0 Å².